The Labute approximate surface area is 67.7 Å². The molecular formula is C5H15N3O2S. The molecule has 5 nitrogen and oxygen atoms in total. The van der Waals surface area contributed by atoms with Crippen molar-refractivity contribution in [2.75, 3.05) is 20.6 Å². The fraction of sp³-hybridized carbons (Fsp3) is 1.00. The second-order valence-corrected chi connectivity index (χ2v) is 4.58. The molecule has 68 valence electrons. The van der Waals surface area contributed by atoms with Gasteiger partial charge >= 0.3 is 0 Å². The Morgan fingerprint density at radius 3 is 2.27 bits per heavy atom. The quantitative estimate of drug-likeness (QED) is 0.568. The van der Waals surface area contributed by atoms with Crippen molar-refractivity contribution in [3.8, 4) is 0 Å². The highest BCUT2D eigenvalue weighted by molar-refractivity contribution is 7.87. The molecule has 1 atom stereocenters. The van der Waals surface area contributed by atoms with Crippen LogP contribution in [0, 0.1) is 0 Å². The number of hydrogen-bond acceptors (Lipinski definition) is 3. The maximum atomic E-state index is 11.0. The number of nitrogens with one attached hydrogen (secondary N) is 1. The molecule has 0 saturated carbocycles. The van der Waals surface area contributed by atoms with E-state index in [9.17, 15) is 8.42 Å². The van der Waals surface area contributed by atoms with Crippen LogP contribution in [0.2, 0.25) is 0 Å². The smallest absolute Gasteiger partial charge is 0.278 e. The van der Waals surface area contributed by atoms with E-state index >= 15 is 0 Å². The predicted octanol–water partition coefficient (Wildman–Crippen LogP) is -1.27. The molecule has 0 heterocycles. The molecule has 0 radical (unpaired) electrons. The minimum absolute atomic E-state index is 0.162. The lowest BCUT2D eigenvalue weighted by Crippen LogP contribution is -2.41. The fourth-order valence-corrected chi connectivity index (χ4v) is 1.10. The molecule has 0 spiro atoms. The first-order chi connectivity index (χ1) is 4.86. The van der Waals surface area contributed by atoms with Crippen LogP contribution in [0.4, 0.5) is 0 Å². The van der Waals surface area contributed by atoms with E-state index in [0.717, 1.165) is 4.31 Å². The van der Waals surface area contributed by atoms with E-state index in [4.69, 9.17) is 5.73 Å². The van der Waals surface area contributed by atoms with E-state index in [1.807, 2.05) is 0 Å². The minimum atomic E-state index is -3.29. The van der Waals surface area contributed by atoms with Crippen LogP contribution in [0.1, 0.15) is 6.92 Å². The highest BCUT2D eigenvalue weighted by atomic mass is 32.2. The first-order valence-electron chi connectivity index (χ1n) is 3.29. The Hall–Kier alpha value is -0.170. The molecule has 0 aliphatic heterocycles. The number of hydrogen-bond donors (Lipinski definition) is 2. The standard InChI is InChI=1S/C5H15N3O2S/c1-5(6)4-7-11(9,10)8(2)3/h5,7H,4,6H2,1-3H3. The van der Waals surface area contributed by atoms with Crippen LogP contribution < -0.4 is 10.5 Å². The number of nitrogens with two attached hydrogens (primary N) is 1. The highest BCUT2D eigenvalue weighted by Crippen LogP contribution is 1.87. The van der Waals surface area contributed by atoms with Crippen LogP contribution in [-0.2, 0) is 10.2 Å². The van der Waals surface area contributed by atoms with Crippen molar-refractivity contribution in [2.24, 2.45) is 5.73 Å². The van der Waals surface area contributed by atoms with Crippen molar-refractivity contribution in [3.63, 3.8) is 0 Å². The van der Waals surface area contributed by atoms with Gasteiger partial charge in [-0.2, -0.15) is 12.7 Å². The maximum absolute atomic E-state index is 11.0. The van der Waals surface area contributed by atoms with Crippen LogP contribution in [0.25, 0.3) is 0 Å². The van der Waals surface area contributed by atoms with Gasteiger partial charge in [-0.25, -0.2) is 4.72 Å². The summed E-state index contributed by atoms with van der Waals surface area (Å²) in [4.78, 5) is 0. The molecule has 0 rings (SSSR count). The molecule has 11 heavy (non-hydrogen) atoms. The molecule has 0 aliphatic rings. The van der Waals surface area contributed by atoms with E-state index in [2.05, 4.69) is 4.72 Å². The van der Waals surface area contributed by atoms with E-state index in [-0.39, 0.29) is 12.6 Å². The zero-order valence-corrected chi connectivity index (χ0v) is 7.85. The Balaban J connectivity index is 3.95. The Kier molecular flexibility index (Phi) is 3.95. The average molecular weight is 181 g/mol. The van der Waals surface area contributed by atoms with Crippen LogP contribution in [-0.4, -0.2) is 39.4 Å². The molecule has 0 aromatic heterocycles. The van der Waals surface area contributed by atoms with Crippen molar-refractivity contribution in [1.82, 2.24) is 9.03 Å². The Morgan fingerprint density at radius 2 is 2.00 bits per heavy atom. The lowest BCUT2D eigenvalue weighted by atomic mass is 10.4. The first kappa shape index (κ1) is 10.8. The molecule has 0 aromatic rings. The van der Waals surface area contributed by atoms with Gasteiger partial charge in [0.15, 0.2) is 0 Å². The second kappa shape index (κ2) is 4.01. The molecule has 0 aliphatic carbocycles. The van der Waals surface area contributed by atoms with Gasteiger partial charge in [0.1, 0.15) is 0 Å². The van der Waals surface area contributed by atoms with Crippen molar-refractivity contribution in [1.29, 1.82) is 0 Å². The minimum Gasteiger partial charge on any atom is -0.327 e. The summed E-state index contributed by atoms with van der Waals surface area (Å²) < 4.78 is 25.4. The van der Waals surface area contributed by atoms with E-state index in [1.165, 1.54) is 14.1 Å². The molecule has 3 N–H and O–H groups in total. The zero-order chi connectivity index (χ0) is 9.07. The van der Waals surface area contributed by atoms with Crippen LogP contribution in [0.3, 0.4) is 0 Å². The zero-order valence-electron chi connectivity index (χ0n) is 7.03. The van der Waals surface area contributed by atoms with Gasteiger partial charge in [-0.1, -0.05) is 0 Å². The summed E-state index contributed by atoms with van der Waals surface area (Å²) in [5, 5.41) is 0. The SMILES string of the molecule is CC(N)CNS(=O)(=O)N(C)C. The number of rotatable bonds is 4. The molecule has 0 amide bonds. The van der Waals surface area contributed by atoms with Crippen molar-refractivity contribution < 1.29 is 8.42 Å². The molecule has 0 saturated heterocycles. The summed E-state index contributed by atoms with van der Waals surface area (Å²) in [5.41, 5.74) is 5.35. The van der Waals surface area contributed by atoms with Gasteiger partial charge in [0, 0.05) is 26.7 Å². The van der Waals surface area contributed by atoms with Gasteiger partial charge in [0.2, 0.25) is 0 Å². The van der Waals surface area contributed by atoms with Crippen LogP contribution >= 0.6 is 0 Å². The molecule has 1 unspecified atom stereocenters. The normalized spacial score (nSPS) is 15.4. The largest absolute Gasteiger partial charge is 0.327 e. The third kappa shape index (κ3) is 4.31. The van der Waals surface area contributed by atoms with E-state index < -0.39 is 10.2 Å². The lowest BCUT2D eigenvalue weighted by molar-refractivity contribution is 0.501. The van der Waals surface area contributed by atoms with Gasteiger partial charge in [-0.05, 0) is 6.92 Å². The topological polar surface area (TPSA) is 75.4 Å². The van der Waals surface area contributed by atoms with Gasteiger partial charge in [0.25, 0.3) is 10.2 Å². The molecular weight excluding hydrogens is 166 g/mol. The number of nitrogens with zero attached hydrogens (tertiary/aromatic N) is 1. The van der Waals surface area contributed by atoms with Crippen molar-refractivity contribution >= 4 is 10.2 Å². The van der Waals surface area contributed by atoms with Gasteiger partial charge < -0.3 is 5.73 Å². The highest BCUT2D eigenvalue weighted by Gasteiger charge is 2.11. The lowest BCUT2D eigenvalue weighted by Gasteiger charge is -2.13. The Bertz CT molecular complexity index is 198. The molecule has 0 aromatic carbocycles. The third-order valence-corrected chi connectivity index (χ3v) is 2.56. The monoisotopic (exact) mass is 181 g/mol. The molecule has 0 fully saturated rings. The summed E-state index contributed by atoms with van der Waals surface area (Å²) in [5.74, 6) is 0. The van der Waals surface area contributed by atoms with E-state index in [0.29, 0.717) is 0 Å². The van der Waals surface area contributed by atoms with Gasteiger partial charge in [0.05, 0.1) is 0 Å². The van der Waals surface area contributed by atoms with Gasteiger partial charge in [-0.3, -0.25) is 0 Å². The summed E-state index contributed by atoms with van der Waals surface area (Å²) >= 11 is 0. The first-order valence-corrected chi connectivity index (χ1v) is 4.73. The summed E-state index contributed by atoms with van der Waals surface area (Å²) in [6.45, 7) is 2.00. The van der Waals surface area contributed by atoms with E-state index in [1.54, 1.807) is 6.92 Å². The Morgan fingerprint density at radius 1 is 1.55 bits per heavy atom. The van der Waals surface area contributed by atoms with Crippen LogP contribution in [0.5, 0.6) is 0 Å². The molecule has 6 heteroatoms. The fourth-order valence-electron chi connectivity index (χ4n) is 0.366. The van der Waals surface area contributed by atoms with Crippen LogP contribution in [0.15, 0.2) is 0 Å². The summed E-state index contributed by atoms with van der Waals surface area (Å²) in [6.07, 6.45) is 0. The summed E-state index contributed by atoms with van der Waals surface area (Å²) in [6, 6.07) is -0.162. The third-order valence-electron chi connectivity index (χ3n) is 1.07. The molecule has 0 bridgehead atoms. The second-order valence-electron chi connectivity index (χ2n) is 2.61. The predicted molar refractivity (Wildman–Crippen MR) is 44.3 cm³/mol. The van der Waals surface area contributed by atoms with Crippen molar-refractivity contribution in [2.45, 2.75) is 13.0 Å². The summed E-state index contributed by atoms with van der Waals surface area (Å²) in [7, 11) is -0.366. The maximum Gasteiger partial charge on any atom is 0.278 e. The van der Waals surface area contributed by atoms with Gasteiger partial charge in [-0.15, -0.1) is 0 Å². The van der Waals surface area contributed by atoms with Crippen molar-refractivity contribution in [3.05, 3.63) is 0 Å². The average Bonchev–Trinajstić information content (AvgIpc) is 1.84.